The maximum atomic E-state index is 5.71. The number of hydrogen-bond donors (Lipinski definition) is 3. The van der Waals surface area contributed by atoms with Crippen molar-refractivity contribution in [2.24, 2.45) is 17.1 Å². The van der Waals surface area contributed by atoms with E-state index >= 15 is 0 Å². The second-order valence-electron chi connectivity index (χ2n) is 5.52. The van der Waals surface area contributed by atoms with Gasteiger partial charge in [-0.05, 0) is 30.7 Å². The van der Waals surface area contributed by atoms with Crippen molar-refractivity contribution in [3.05, 3.63) is 5.82 Å². The number of aryl methyl sites for hydroxylation is 1. The van der Waals surface area contributed by atoms with Gasteiger partial charge in [0.05, 0.1) is 0 Å². The largest absolute Gasteiger partial charge is 0.366 e. The van der Waals surface area contributed by atoms with Crippen LogP contribution in [0.15, 0.2) is 0 Å². The molecule has 17 heavy (non-hydrogen) atoms. The Hall–Kier alpha value is -1.30. The molecule has 0 fully saturated rings. The molecule has 6 heteroatoms. The molecule has 0 aliphatic heterocycles. The van der Waals surface area contributed by atoms with Crippen LogP contribution in [-0.2, 0) is 6.42 Å². The van der Waals surface area contributed by atoms with Gasteiger partial charge in [0.25, 0.3) is 0 Å². The van der Waals surface area contributed by atoms with Crippen LogP contribution in [0.25, 0.3) is 0 Å². The number of hydrogen-bond acceptors (Lipinski definition) is 5. The first-order valence-corrected chi connectivity index (χ1v) is 6.01. The van der Waals surface area contributed by atoms with Crippen LogP contribution in [0.4, 0.5) is 5.95 Å². The molecule has 0 bridgehead atoms. The molecule has 6 nitrogen and oxygen atoms in total. The SMILES string of the molecule is CC(C)(C)C(CCN)CCc1nnc(N)n1N. The summed E-state index contributed by atoms with van der Waals surface area (Å²) < 4.78 is 1.35. The van der Waals surface area contributed by atoms with E-state index in [4.69, 9.17) is 17.3 Å². The highest BCUT2D eigenvalue weighted by atomic mass is 15.4. The first kappa shape index (κ1) is 13.8. The Morgan fingerprint density at radius 3 is 2.29 bits per heavy atom. The highest BCUT2D eigenvalue weighted by Crippen LogP contribution is 2.31. The molecule has 0 aromatic carbocycles. The average Bonchev–Trinajstić information content (AvgIpc) is 2.53. The molecule has 0 aliphatic carbocycles. The molecule has 1 rings (SSSR count). The van der Waals surface area contributed by atoms with Gasteiger partial charge in [-0.15, -0.1) is 10.2 Å². The van der Waals surface area contributed by atoms with Crippen LogP contribution in [0.5, 0.6) is 0 Å². The summed E-state index contributed by atoms with van der Waals surface area (Å²) in [5.41, 5.74) is 11.4. The predicted molar refractivity (Wildman–Crippen MR) is 69.5 cm³/mol. The Morgan fingerprint density at radius 1 is 1.24 bits per heavy atom. The molecular weight excluding hydrogens is 216 g/mol. The van der Waals surface area contributed by atoms with E-state index in [0.717, 1.165) is 25.1 Å². The van der Waals surface area contributed by atoms with Crippen LogP contribution in [-0.4, -0.2) is 21.4 Å². The average molecular weight is 240 g/mol. The molecular formula is C11H24N6. The van der Waals surface area contributed by atoms with Crippen molar-refractivity contribution >= 4 is 5.95 Å². The first-order valence-electron chi connectivity index (χ1n) is 6.01. The molecule has 0 saturated carbocycles. The lowest BCUT2D eigenvalue weighted by Gasteiger charge is -2.30. The summed E-state index contributed by atoms with van der Waals surface area (Å²) in [6.45, 7) is 7.40. The normalized spacial score (nSPS) is 13.9. The van der Waals surface area contributed by atoms with Crippen molar-refractivity contribution in [2.45, 2.75) is 40.0 Å². The molecule has 1 aromatic heterocycles. The Kier molecular flexibility index (Phi) is 4.34. The number of anilines is 1. The van der Waals surface area contributed by atoms with Gasteiger partial charge in [-0.1, -0.05) is 20.8 Å². The van der Waals surface area contributed by atoms with E-state index in [-0.39, 0.29) is 11.4 Å². The maximum absolute atomic E-state index is 5.71. The third-order valence-electron chi connectivity index (χ3n) is 3.25. The van der Waals surface area contributed by atoms with Gasteiger partial charge in [-0.2, -0.15) is 0 Å². The summed E-state index contributed by atoms with van der Waals surface area (Å²) in [6.07, 6.45) is 2.79. The quantitative estimate of drug-likeness (QED) is 0.650. The summed E-state index contributed by atoms with van der Waals surface area (Å²) in [7, 11) is 0. The van der Waals surface area contributed by atoms with Crippen LogP contribution in [0.3, 0.4) is 0 Å². The lowest BCUT2D eigenvalue weighted by molar-refractivity contribution is 0.213. The summed E-state index contributed by atoms with van der Waals surface area (Å²) in [4.78, 5) is 0. The minimum absolute atomic E-state index is 0.240. The standard InChI is InChI=1S/C11H24N6/c1-11(2,3)8(6-7-12)4-5-9-15-16-10(13)17(9)14/h8H,4-7,12,14H2,1-3H3,(H2,13,16). The Labute approximate surface area is 103 Å². The molecule has 1 aromatic rings. The van der Waals surface area contributed by atoms with Crippen molar-refractivity contribution in [1.29, 1.82) is 0 Å². The van der Waals surface area contributed by atoms with E-state index in [1.54, 1.807) is 0 Å². The van der Waals surface area contributed by atoms with E-state index in [1.807, 2.05) is 0 Å². The van der Waals surface area contributed by atoms with Gasteiger partial charge in [-0.3, -0.25) is 0 Å². The van der Waals surface area contributed by atoms with Crippen LogP contribution in [0.1, 0.15) is 39.4 Å². The first-order chi connectivity index (χ1) is 7.86. The predicted octanol–water partition coefficient (Wildman–Crippen LogP) is 0.518. The lowest BCUT2D eigenvalue weighted by Crippen LogP contribution is -2.25. The smallest absolute Gasteiger partial charge is 0.240 e. The molecule has 0 aliphatic rings. The van der Waals surface area contributed by atoms with Gasteiger partial charge in [0.1, 0.15) is 0 Å². The number of aromatic nitrogens is 3. The lowest BCUT2D eigenvalue weighted by atomic mass is 9.76. The summed E-state index contributed by atoms with van der Waals surface area (Å²) in [5.74, 6) is 7.25. The van der Waals surface area contributed by atoms with Crippen LogP contribution >= 0.6 is 0 Å². The molecule has 98 valence electrons. The van der Waals surface area contributed by atoms with E-state index in [0.29, 0.717) is 12.5 Å². The molecule has 1 atom stereocenters. The molecule has 0 saturated heterocycles. The number of nitrogen functional groups attached to an aromatic ring is 2. The van der Waals surface area contributed by atoms with E-state index in [2.05, 4.69) is 31.0 Å². The fraction of sp³-hybridized carbons (Fsp3) is 0.818. The van der Waals surface area contributed by atoms with Crippen molar-refractivity contribution < 1.29 is 0 Å². The third kappa shape index (κ3) is 3.59. The second-order valence-corrected chi connectivity index (χ2v) is 5.52. The Bertz CT molecular complexity index is 351. The number of nitrogens with two attached hydrogens (primary N) is 3. The van der Waals surface area contributed by atoms with E-state index in [9.17, 15) is 0 Å². The van der Waals surface area contributed by atoms with Crippen molar-refractivity contribution in [3.8, 4) is 0 Å². The van der Waals surface area contributed by atoms with Crippen LogP contribution < -0.4 is 17.3 Å². The van der Waals surface area contributed by atoms with Gasteiger partial charge in [0.2, 0.25) is 5.95 Å². The van der Waals surface area contributed by atoms with Gasteiger partial charge in [0.15, 0.2) is 5.82 Å². The molecule has 6 N–H and O–H groups in total. The fourth-order valence-corrected chi connectivity index (χ4v) is 2.02. The van der Waals surface area contributed by atoms with Crippen molar-refractivity contribution in [2.75, 3.05) is 18.1 Å². The van der Waals surface area contributed by atoms with Gasteiger partial charge < -0.3 is 17.3 Å². The zero-order valence-electron chi connectivity index (χ0n) is 11.0. The molecule has 0 spiro atoms. The minimum Gasteiger partial charge on any atom is -0.366 e. The van der Waals surface area contributed by atoms with Crippen LogP contribution in [0.2, 0.25) is 0 Å². The minimum atomic E-state index is 0.240. The summed E-state index contributed by atoms with van der Waals surface area (Å²) >= 11 is 0. The second kappa shape index (κ2) is 5.35. The Morgan fingerprint density at radius 2 is 1.88 bits per heavy atom. The molecule has 0 amide bonds. The molecule has 0 radical (unpaired) electrons. The zero-order chi connectivity index (χ0) is 13.1. The third-order valence-corrected chi connectivity index (χ3v) is 3.25. The van der Waals surface area contributed by atoms with E-state index in [1.165, 1.54) is 4.68 Å². The van der Waals surface area contributed by atoms with Crippen LogP contribution in [0, 0.1) is 11.3 Å². The van der Waals surface area contributed by atoms with E-state index < -0.39 is 0 Å². The molecule has 1 unspecified atom stereocenters. The van der Waals surface area contributed by atoms with Crippen molar-refractivity contribution in [3.63, 3.8) is 0 Å². The Balaban J connectivity index is 2.61. The fourth-order valence-electron chi connectivity index (χ4n) is 2.02. The van der Waals surface area contributed by atoms with Gasteiger partial charge >= 0.3 is 0 Å². The highest BCUT2D eigenvalue weighted by molar-refractivity contribution is 5.17. The summed E-state index contributed by atoms with van der Waals surface area (Å²) in [5, 5.41) is 7.70. The van der Waals surface area contributed by atoms with Crippen molar-refractivity contribution in [1.82, 2.24) is 14.9 Å². The monoisotopic (exact) mass is 240 g/mol. The van der Waals surface area contributed by atoms with Gasteiger partial charge in [0, 0.05) is 6.42 Å². The number of nitrogens with zero attached hydrogens (tertiary/aromatic N) is 3. The highest BCUT2D eigenvalue weighted by Gasteiger charge is 2.24. The topological polar surface area (TPSA) is 109 Å². The maximum Gasteiger partial charge on any atom is 0.240 e. The number of rotatable bonds is 5. The molecule has 1 heterocycles. The summed E-state index contributed by atoms with van der Waals surface area (Å²) in [6, 6.07) is 0. The zero-order valence-corrected chi connectivity index (χ0v) is 11.0. The van der Waals surface area contributed by atoms with Gasteiger partial charge in [-0.25, -0.2) is 4.68 Å².